The van der Waals surface area contributed by atoms with Crippen molar-refractivity contribution >= 4 is 21.8 Å². The van der Waals surface area contributed by atoms with E-state index in [-0.39, 0.29) is 4.90 Å². The lowest BCUT2D eigenvalue weighted by Crippen LogP contribution is -2.22. The van der Waals surface area contributed by atoms with Crippen LogP contribution in [0, 0.1) is 13.8 Å². The molecule has 1 saturated heterocycles. The van der Waals surface area contributed by atoms with Crippen LogP contribution in [0.4, 0.5) is 11.8 Å². The van der Waals surface area contributed by atoms with Crippen molar-refractivity contribution in [1.82, 2.24) is 9.97 Å². The van der Waals surface area contributed by atoms with Crippen LogP contribution in [0.25, 0.3) is 0 Å². The first-order chi connectivity index (χ1) is 12.3. The third kappa shape index (κ3) is 4.31. The molecule has 8 heteroatoms. The summed E-state index contributed by atoms with van der Waals surface area (Å²) in [6.07, 6.45) is 3.13. The number of anilines is 2. The number of aromatic nitrogens is 2. The molecule has 26 heavy (non-hydrogen) atoms. The highest BCUT2D eigenvalue weighted by molar-refractivity contribution is 7.89. The third-order valence-corrected chi connectivity index (χ3v) is 5.65. The van der Waals surface area contributed by atoms with Gasteiger partial charge in [-0.3, -0.25) is 0 Å². The van der Waals surface area contributed by atoms with E-state index in [4.69, 9.17) is 10.1 Å². The van der Waals surface area contributed by atoms with Crippen LogP contribution in [0.15, 0.2) is 29.2 Å². The van der Waals surface area contributed by atoms with Gasteiger partial charge in [0, 0.05) is 30.9 Å². The van der Waals surface area contributed by atoms with E-state index in [1.54, 1.807) is 12.1 Å². The summed E-state index contributed by atoms with van der Waals surface area (Å²) in [5, 5.41) is 8.51. The molecule has 3 rings (SSSR count). The van der Waals surface area contributed by atoms with E-state index in [0.29, 0.717) is 6.54 Å². The Morgan fingerprint density at radius 3 is 2.38 bits per heavy atom. The monoisotopic (exact) mass is 375 g/mol. The predicted molar refractivity (Wildman–Crippen MR) is 103 cm³/mol. The summed E-state index contributed by atoms with van der Waals surface area (Å²) in [5.41, 5.74) is 3.08. The fourth-order valence-electron chi connectivity index (χ4n) is 3.02. The molecule has 0 bridgehead atoms. The Balaban J connectivity index is 1.65. The molecule has 1 aromatic heterocycles. The first-order valence-electron chi connectivity index (χ1n) is 8.80. The van der Waals surface area contributed by atoms with Crippen LogP contribution in [-0.2, 0) is 16.4 Å². The average Bonchev–Trinajstić information content (AvgIpc) is 3.13. The second-order valence-electron chi connectivity index (χ2n) is 6.64. The van der Waals surface area contributed by atoms with Gasteiger partial charge in [-0.1, -0.05) is 12.1 Å². The van der Waals surface area contributed by atoms with Crippen LogP contribution in [0.5, 0.6) is 0 Å². The SMILES string of the molecule is Cc1nc(N2CCCC2)nc(NCCc2ccc(S(N)(=O)=O)cc2)c1C. The number of primary sulfonamides is 1. The van der Waals surface area contributed by atoms with Gasteiger partial charge in [-0.2, -0.15) is 4.98 Å². The fourth-order valence-corrected chi connectivity index (χ4v) is 3.53. The van der Waals surface area contributed by atoms with Gasteiger partial charge in [0.05, 0.1) is 4.90 Å². The summed E-state index contributed by atoms with van der Waals surface area (Å²) in [6.45, 7) is 6.75. The molecule has 0 aliphatic carbocycles. The van der Waals surface area contributed by atoms with Crippen LogP contribution in [0.1, 0.15) is 29.7 Å². The Hall–Kier alpha value is -2.19. The van der Waals surface area contributed by atoms with E-state index in [0.717, 1.165) is 48.1 Å². The lowest BCUT2D eigenvalue weighted by atomic mass is 10.1. The standard InChI is InChI=1S/C18H25N5O2S/c1-13-14(2)21-18(23-11-3-4-12-23)22-17(13)20-10-9-15-5-7-16(8-6-15)26(19,24)25/h5-8H,3-4,9-12H2,1-2H3,(H2,19,24,25)(H,20,21,22). The molecule has 0 saturated carbocycles. The molecule has 7 nitrogen and oxygen atoms in total. The number of benzene rings is 1. The van der Waals surface area contributed by atoms with Gasteiger partial charge in [0.15, 0.2) is 0 Å². The van der Waals surface area contributed by atoms with E-state index in [2.05, 4.69) is 15.2 Å². The maximum atomic E-state index is 11.3. The quantitative estimate of drug-likeness (QED) is 0.801. The first kappa shape index (κ1) is 18.6. The Labute approximate surface area is 154 Å². The number of hydrogen-bond acceptors (Lipinski definition) is 6. The molecule has 0 atom stereocenters. The molecule has 1 aliphatic rings. The second-order valence-corrected chi connectivity index (χ2v) is 8.20. The molecule has 1 fully saturated rings. The zero-order chi connectivity index (χ0) is 18.7. The number of nitrogens with one attached hydrogen (secondary N) is 1. The highest BCUT2D eigenvalue weighted by Crippen LogP contribution is 2.22. The minimum Gasteiger partial charge on any atom is -0.369 e. The topological polar surface area (TPSA) is 101 Å². The van der Waals surface area contributed by atoms with Gasteiger partial charge in [0.1, 0.15) is 5.82 Å². The summed E-state index contributed by atoms with van der Waals surface area (Å²) >= 11 is 0. The zero-order valence-corrected chi connectivity index (χ0v) is 16.0. The molecule has 0 amide bonds. The summed E-state index contributed by atoms with van der Waals surface area (Å²) in [6, 6.07) is 6.65. The van der Waals surface area contributed by atoms with Crippen LogP contribution >= 0.6 is 0 Å². The third-order valence-electron chi connectivity index (χ3n) is 4.72. The molecule has 0 radical (unpaired) electrons. The van der Waals surface area contributed by atoms with Crippen molar-refractivity contribution in [2.45, 2.75) is 38.0 Å². The summed E-state index contributed by atoms with van der Waals surface area (Å²) in [4.78, 5) is 11.7. The van der Waals surface area contributed by atoms with Gasteiger partial charge in [-0.05, 0) is 50.8 Å². The number of rotatable bonds is 6. The summed E-state index contributed by atoms with van der Waals surface area (Å²) in [5.74, 6) is 1.66. The van der Waals surface area contributed by atoms with Crippen LogP contribution < -0.4 is 15.4 Å². The first-order valence-corrected chi connectivity index (χ1v) is 10.3. The van der Waals surface area contributed by atoms with Crippen molar-refractivity contribution in [3.8, 4) is 0 Å². The van der Waals surface area contributed by atoms with Gasteiger partial charge in [0.2, 0.25) is 16.0 Å². The number of hydrogen-bond donors (Lipinski definition) is 2. The maximum absolute atomic E-state index is 11.3. The normalized spacial score (nSPS) is 14.7. The lowest BCUT2D eigenvalue weighted by Gasteiger charge is -2.18. The minimum absolute atomic E-state index is 0.131. The van der Waals surface area contributed by atoms with Crippen molar-refractivity contribution in [2.24, 2.45) is 5.14 Å². The Kier molecular flexibility index (Phi) is 5.43. The zero-order valence-electron chi connectivity index (χ0n) is 15.2. The van der Waals surface area contributed by atoms with Crippen molar-refractivity contribution in [3.05, 3.63) is 41.1 Å². The number of aryl methyl sites for hydroxylation is 1. The van der Waals surface area contributed by atoms with E-state index in [1.165, 1.54) is 25.0 Å². The van der Waals surface area contributed by atoms with Gasteiger partial charge in [0.25, 0.3) is 0 Å². The van der Waals surface area contributed by atoms with E-state index in [1.807, 2.05) is 13.8 Å². The van der Waals surface area contributed by atoms with Crippen LogP contribution in [0.2, 0.25) is 0 Å². The lowest BCUT2D eigenvalue weighted by molar-refractivity contribution is 0.598. The fraction of sp³-hybridized carbons (Fsp3) is 0.444. The van der Waals surface area contributed by atoms with Crippen molar-refractivity contribution in [1.29, 1.82) is 0 Å². The van der Waals surface area contributed by atoms with E-state index >= 15 is 0 Å². The van der Waals surface area contributed by atoms with E-state index in [9.17, 15) is 8.42 Å². The molecular weight excluding hydrogens is 350 g/mol. The van der Waals surface area contributed by atoms with Gasteiger partial charge < -0.3 is 10.2 Å². The Bertz CT molecular complexity index is 875. The van der Waals surface area contributed by atoms with Crippen LogP contribution in [-0.4, -0.2) is 38.0 Å². The molecular formula is C18H25N5O2S. The van der Waals surface area contributed by atoms with Gasteiger partial charge in [-0.25, -0.2) is 18.5 Å². The van der Waals surface area contributed by atoms with Gasteiger partial charge in [-0.15, -0.1) is 0 Å². The second kappa shape index (κ2) is 7.59. The average molecular weight is 375 g/mol. The summed E-state index contributed by atoms with van der Waals surface area (Å²) in [7, 11) is -3.64. The molecule has 0 spiro atoms. The molecule has 140 valence electrons. The molecule has 1 aliphatic heterocycles. The van der Waals surface area contributed by atoms with E-state index < -0.39 is 10.0 Å². The molecule has 0 unspecified atom stereocenters. The van der Waals surface area contributed by atoms with Crippen molar-refractivity contribution < 1.29 is 8.42 Å². The van der Waals surface area contributed by atoms with Crippen LogP contribution in [0.3, 0.4) is 0 Å². The highest BCUT2D eigenvalue weighted by Gasteiger charge is 2.17. The number of sulfonamides is 1. The maximum Gasteiger partial charge on any atom is 0.238 e. The molecule has 2 aromatic rings. The smallest absolute Gasteiger partial charge is 0.238 e. The number of nitrogens with zero attached hydrogens (tertiary/aromatic N) is 3. The largest absolute Gasteiger partial charge is 0.369 e. The van der Waals surface area contributed by atoms with Gasteiger partial charge >= 0.3 is 0 Å². The number of nitrogens with two attached hydrogens (primary N) is 1. The Morgan fingerprint density at radius 1 is 1.12 bits per heavy atom. The summed E-state index contributed by atoms with van der Waals surface area (Å²) < 4.78 is 22.6. The Morgan fingerprint density at radius 2 is 1.77 bits per heavy atom. The highest BCUT2D eigenvalue weighted by atomic mass is 32.2. The van der Waals surface area contributed by atoms with Crippen molar-refractivity contribution in [2.75, 3.05) is 29.9 Å². The minimum atomic E-state index is -3.64. The molecule has 2 heterocycles. The molecule has 3 N–H and O–H groups in total. The van der Waals surface area contributed by atoms with Crippen molar-refractivity contribution in [3.63, 3.8) is 0 Å². The molecule has 1 aromatic carbocycles. The predicted octanol–water partition coefficient (Wildman–Crippen LogP) is 2.00.